The van der Waals surface area contributed by atoms with Gasteiger partial charge in [0.25, 0.3) is 0 Å². The average molecular weight is 238 g/mol. The SMILES string of the molecule is N#Cc1ccc(Oc2ccc(C#N)cc2F)cc1. The van der Waals surface area contributed by atoms with Crippen LogP contribution in [-0.4, -0.2) is 0 Å². The number of nitrogens with zero attached hydrogens (tertiary/aromatic N) is 2. The number of hydrogen-bond acceptors (Lipinski definition) is 3. The maximum Gasteiger partial charge on any atom is 0.167 e. The van der Waals surface area contributed by atoms with Crippen molar-refractivity contribution in [1.29, 1.82) is 10.5 Å². The molecule has 0 saturated carbocycles. The molecule has 0 fully saturated rings. The Morgan fingerprint density at radius 3 is 2.06 bits per heavy atom. The maximum absolute atomic E-state index is 13.5. The second-order valence-electron chi connectivity index (χ2n) is 3.50. The highest BCUT2D eigenvalue weighted by Crippen LogP contribution is 2.25. The van der Waals surface area contributed by atoms with E-state index in [1.807, 2.05) is 12.1 Å². The summed E-state index contributed by atoms with van der Waals surface area (Å²) in [6.07, 6.45) is 0. The summed E-state index contributed by atoms with van der Waals surface area (Å²) < 4.78 is 18.9. The first kappa shape index (κ1) is 11.6. The number of benzene rings is 2. The molecule has 4 heteroatoms. The van der Waals surface area contributed by atoms with Gasteiger partial charge in [-0.15, -0.1) is 0 Å². The molecule has 2 aromatic carbocycles. The lowest BCUT2D eigenvalue weighted by Crippen LogP contribution is -1.89. The van der Waals surface area contributed by atoms with E-state index in [2.05, 4.69) is 0 Å². The number of halogens is 1. The van der Waals surface area contributed by atoms with Gasteiger partial charge in [0, 0.05) is 0 Å². The Morgan fingerprint density at radius 2 is 1.50 bits per heavy atom. The highest BCUT2D eigenvalue weighted by molar-refractivity contribution is 5.40. The lowest BCUT2D eigenvalue weighted by molar-refractivity contribution is 0.442. The van der Waals surface area contributed by atoms with E-state index in [0.717, 1.165) is 6.07 Å². The molecule has 0 unspecified atom stereocenters. The fourth-order valence-electron chi connectivity index (χ4n) is 1.38. The van der Waals surface area contributed by atoms with Gasteiger partial charge in [0.05, 0.1) is 23.3 Å². The summed E-state index contributed by atoms with van der Waals surface area (Å²) in [4.78, 5) is 0. The topological polar surface area (TPSA) is 56.8 Å². The van der Waals surface area contributed by atoms with Gasteiger partial charge in [-0.1, -0.05) is 0 Å². The molecule has 0 N–H and O–H groups in total. The predicted octanol–water partition coefficient (Wildman–Crippen LogP) is 3.36. The van der Waals surface area contributed by atoms with E-state index < -0.39 is 5.82 Å². The van der Waals surface area contributed by atoms with Crippen molar-refractivity contribution in [2.75, 3.05) is 0 Å². The average Bonchev–Trinajstić information content (AvgIpc) is 2.42. The minimum absolute atomic E-state index is 0.0405. The Balaban J connectivity index is 2.24. The van der Waals surface area contributed by atoms with Gasteiger partial charge in [-0.3, -0.25) is 0 Å². The van der Waals surface area contributed by atoms with E-state index >= 15 is 0 Å². The first-order valence-corrected chi connectivity index (χ1v) is 5.10. The monoisotopic (exact) mass is 238 g/mol. The first-order valence-electron chi connectivity index (χ1n) is 5.10. The zero-order valence-corrected chi connectivity index (χ0v) is 9.22. The van der Waals surface area contributed by atoms with Gasteiger partial charge >= 0.3 is 0 Å². The zero-order valence-electron chi connectivity index (χ0n) is 9.22. The Kier molecular flexibility index (Phi) is 3.22. The van der Waals surface area contributed by atoms with E-state index in [-0.39, 0.29) is 11.3 Å². The number of hydrogen-bond donors (Lipinski definition) is 0. The number of nitriles is 2. The van der Waals surface area contributed by atoms with Crippen LogP contribution in [0, 0.1) is 28.5 Å². The van der Waals surface area contributed by atoms with Crippen molar-refractivity contribution in [3.05, 3.63) is 59.4 Å². The summed E-state index contributed by atoms with van der Waals surface area (Å²) in [7, 11) is 0. The van der Waals surface area contributed by atoms with Crippen LogP contribution in [0.15, 0.2) is 42.5 Å². The smallest absolute Gasteiger partial charge is 0.167 e. The summed E-state index contributed by atoms with van der Waals surface area (Å²) in [6.45, 7) is 0. The van der Waals surface area contributed by atoms with Crippen molar-refractivity contribution in [1.82, 2.24) is 0 Å². The van der Waals surface area contributed by atoms with E-state index in [1.165, 1.54) is 12.1 Å². The van der Waals surface area contributed by atoms with Crippen molar-refractivity contribution in [3.63, 3.8) is 0 Å². The van der Waals surface area contributed by atoms with Crippen LogP contribution in [0.5, 0.6) is 11.5 Å². The van der Waals surface area contributed by atoms with Crippen LogP contribution in [0.1, 0.15) is 11.1 Å². The lowest BCUT2D eigenvalue weighted by Gasteiger charge is -2.06. The van der Waals surface area contributed by atoms with Crippen LogP contribution in [0.3, 0.4) is 0 Å². The van der Waals surface area contributed by atoms with Gasteiger partial charge in [0.15, 0.2) is 11.6 Å². The molecule has 0 aliphatic heterocycles. The molecule has 0 atom stereocenters. The number of rotatable bonds is 2. The summed E-state index contributed by atoms with van der Waals surface area (Å²) >= 11 is 0. The second kappa shape index (κ2) is 4.99. The molecule has 0 heterocycles. The van der Waals surface area contributed by atoms with E-state index in [4.69, 9.17) is 15.3 Å². The highest BCUT2D eigenvalue weighted by atomic mass is 19.1. The molecule has 0 bridgehead atoms. The molecule has 0 saturated heterocycles. The van der Waals surface area contributed by atoms with Crippen LogP contribution in [0.25, 0.3) is 0 Å². The van der Waals surface area contributed by atoms with Gasteiger partial charge in [0.1, 0.15) is 5.75 Å². The second-order valence-corrected chi connectivity index (χ2v) is 3.50. The molecule has 0 aliphatic carbocycles. The normalized spacial score (nSPS) is 9.28. The fraction of sp³-hybridized carbons (Fsp3) is 0. The third-order valence-electron chi connectivity index (χ3n) is 2.27. The van der Waals surface area contributed by atoms with Crippen LogP contribution in [0.2, 0.25) is 0 Å². The van der Waals surface area contributed by atoms with Gasteiger partial charge in [0.2, 0.25) is 0 Å². The minimum Gasteiger partial charge on any atom is -0.454 e. The van der Waals surface area contributed by atoms with Gasteiger partial charge in [-0.25, -0.2) is 4.39 Å². The summed E-state index contributed by atoms with van der Waals surface area (Å²) in [5, 5.41) is 17.3. The minimum atomic E-state index is -0.599. The van der Waals surface area contributed by atoms with Crippen LogP contribution < -0.4 is 4.74 Å². The molecule has 0 aliphatic rings. The molecule has 0 spiro atoms. The Morgan fingerprint density at radius 1 is 0.889 bits per heavy atom. The molecule has 3 nitrogen and oxygen atoms in total. The molecular weight excluding hydrogens is 231 g/mol. The molecule has 0 aromatic heterocycles. The molecule has 2 aromatic rings. The van der Waals surface area contributed by atoms with Crippen LogP contribution in [-0.2, 0) is 0 Å². The number of ether oxygens (including phenoxy) is 1. The first-order chi connectivity index (χ1) is 8.72. The van der Waals surface area contributed by atoms with Crippen molar-refractivity contribution in [2.45, 2.75) is 0 Å². The Hall–Kier alpha value is -2.85. The summed E-state index contributed by atoms with van der Waals surface area (Å²) in [5.41, 5.74) is 0.738. The quantitative estimate of drug-likeness (QED) is 0.805. The lowest BCUT2D eigenvalue weighted by atomic mass is 10.2. The maximum atomic E-state index is 13.5. The Bertz CT molecular complexity index is 651. The van der Waals surface area contributed by atoms with Crippen molar-refractivity contribution in [2.24, 2.45) is 0 Å². The zero-order chi connectivity index (χ0) is 13.0. The molecule has 86 valence electrons. The van der Waals surface area contributed by atoms with E-state index in [9.17, 15) is 4.39 Å². The van der Waals surface area contributed by atoms with E-state index in [0.29, 0.717) is 11.3 Å². The molecular formula is C14H7FN2O. The van der Waals surface area contributed by atoms with Gasteiger partial charge in [-0.05, 0) is 42.5 Å². The Labute approximate surface area is 103 Å². The van der Waals surface area contributed by atoms with Crippen LogP contribution >= 0.6 is 0 Å². The standard InChI is InChI=1S/C14H7FN2O/c15-13-7-11(9-17)3-6-14(13)18-12-4-1-10(8-16)2-5-12/h1-7H. The fourth-order valence-corrected chi connectivity index (χ4v) is 1.38. The van der Waals surface area contributed by atoms with Crippen LogP contribution in [0.4, 0.5) is 4.39 Å². The van der Waals surface area contributed by atoms with Crippen molar-refractivity contribution in [3.8, 4) is 23.6 Å². The largest absolute Gasteiger partial charge is 0.454 e. The third-order valence-corrected chi connectivity index (χ3v) is 2.27. The van der Waals surface area contributed by atoms with Gasteiger partial charge in [-0.2, -0.15) is 10.5 Å². The molecule has 2 rings (SSSR count). The van der Waals surface area contributed by atoms with Gasteiger partial charge < -0.3 is 4.74 Å². The predicted molar refractivity (Wildman–Crippen MR) is 62.3 cm³/mol. The van der Waals surface area contributed by atoms with Crippen molar-refractivity contribution >= 4 is 0 Å². The summed E-state index contributed by atoms with van der Waals surface area (Å²) in [6, 6.07) is 14.1. The molecule has 0 radical (unpaired) electrons. The highest BCUT2D eigenvalue weighted by Gasteiger charge is 2.06. The molecule has 0 amide bonds. The molecule has 18 heavy (non-hydrogen) atoms. The van der Waals surface area contributed by atoms with E-state index in [1.54, 1.807) is 24.3 Å². The third kappa shape index (κ3) is 2.45. The summed E-state index contributed by atoms with van der Waals surface area (Å²) in [5.74, 6) is -0.130. The van der Waals surface area contributed by atoms with Crippen molar-refractivity contribution < 1.29 is 9.13 Å².